The first kappa shape index (κ1) is 52.8. The molecule has 4 N–H and O–H groups in total. The molecule has 3 unspecified atom stereocenters. The van der Waals surface area contributed by atoms with Crippen molar-refractivity contribution in [3.8, 4) is 0 Å². The highest BCUT2D eigenvalue weighted by Gasteiger charge is 2.22. The Kier molecular flexibility index (Phi) is 43.6. The second kappa shape index (κ2) is 44.5. The fraction of sp³-hybridized carbons (Fsp3) is 0.898. The summed E-state index contributed by atoms with van der Waals surface area (Å²) in [5, 5.41) is 33.2. The van der Waals surface area contributed by atoms with Crippen molar-refractivity contribution in [2.45, 2.75) is 276 Å². The van der Waals surface area contributed by atoms with Crippen LogP contribution < -0.4 is 5.32 Å². The molecule has 5 heteroatoms. The first-order chi connectivity index (χ1) is 26.6. The monoisotopic (exact) mass is 762 g/mol. The highest BCUT2D eigenvalue weighted by Crippen LogP contribution is 2.16. The van der Waals surface area contributed by atoms with Crippen LogP contribution in [0.25, 0.3) is 0 Å². The van der Waals surface area contributed by atoms with Crippen LogP contribution in [-0.2, 0) is 4.79 Å². The van der Waals surface area contributed by atoms with Gasteiger partial charge in [0.15, 0.2) is 0 Å². The molecule has 54 heavy (non-hydrogen) atoms. The summed E-state index contributed by atoms with van der Waals surface area (Å²) in [5.74, 6) is -0.509. The van der Waals surface area contributed by atoms with E-state index in [0.29, 0.717) is 6.42 Å². The molecule has 1 amide bonds. The van der Waals surface area contributed by atoms with Gasteiger partial charge in [0.1, 0.15) is 6.10 Å². The third kappa shape index (κ3) is 39.1. The zero-order chi connectivity index (χ0) is 39.4. The van der Waals surface area contributed by atoms with Crippen molar-refractivity contribution in [2.24, 2.45) is 0 Å². The number of hydrogen-bond donors (Lipinski definition) is 4. The molecule has 3 atom stereocenters. The van der Waals surface area contributed by atoms with Crippen LogP contribution >= 0.6 is 0 Å². The lowest BCUT2D eigenvalue weighted by Gasteiger charge is -2.21. The molecule has 0 aliphatic rings. The SMILES string of the molecule is CCCCCCCCCCCCCCCCC/C=C/CC/C=C/C(O)C(CO)NC(=O)C(O)CCCCCCCCCCCCCCCCCCCCC. The highest BCUT2D eigenvalue weighted by atomic mass is 16.3. The normalized spacial score (nSPS) is 13.6. The summed E-state index contributed by atoms with van der Waals surface area (Å²) in [4.78, 5) is 12.5. The van der Waals surface area contributed by atoms with Gasteiger partial charge in [0.05, 0.1) is 18.8 Å². The Bertz CT molecular complexity index is 799. The highest BCUT2D eigenvalue weighted by molar-refractivity contribution is 5.80. The second-order valence-electron chi connectivity index (χ2n) is 16.7. The van der Waals surface area contributed by atoms with Gasteiger partial charge in [-0.3, -0.25) is 4.79 Å². The molecule has 0 aliphatic heterocycles. The molecule has 0 bridgehead atoms. The topological polar surface area (TPSA) is 89.8 Å². The zero-order valence-electron chi connectivity index (χ0n) is 36.4. The van der Waals surface area contributed by atoms with Crippen LogP contribution in [0.3, 0.4) is 0 Å². The maximum Gasteiger partial charge on any atom is 0.249 e. The van der Waals surface area contributed by atoms with Gasteiger partial charge in [-0.1, -0.05) is 250 Å². The van der Waals surface area contributed by atoms with Gasteiger partial charge in [-0.05, 0) is 32.1 Å². The van der Waals surface area contributed by atoms with Crippen molar-refractivity contribution in [3.63, 3.8) is 0 Å². The van der Waals surface area contributed by atoms with Crippen LogP contribution in [0.1, 0.15) is 258 Å². The van der Waals surface area contributed by atoms with Crippen molar-refractivity contribution >= 4 is 5.91 Å². The van der Waals surface area contributed by atoms with E-state index in [1.807, 2.05) is 6.08 Å². The van der Waals surface area contributed by atoms with Crippen LogP contribution in [-0.4, -0.2) is 46.1 Å². The molecule has 0 radical (unpaired) electrons. The fourth-order valence-electron chi connectivity index (χ4n) is 7.50. The molecule has 0 aromatic carbocycles. The second-order valence-corrected chi connectivity index (χ2v) is 16.7. The third-order valence-corrected chi connectivity index (χ3v) is 11.3. The van der Waals surface area contributed by atoms with Crippen LogP contribution in [0.4, 0.5) is 0 Å². The van der Waals surface area contributed by atoms with Crippen molar-refractivity contribution in [1.82, 2.24) is 5.32 Å². The Morgan fingerprint density at radius 2 is 0.759 bits per heavy atom. The number of carbonyl (C=O) groups is 1. The first-order valence-corrected chi connectivity index (χ1v) is 24.2. The molecule has 0 aromatic rings. The number of rotatable bonds is 44. The summed E-state index contributed by atoms with van der Waals surface area (Å²) in [6.45, 7) is 4.19. The van der Waals surface area contributed by atoms with Crippen molar-refractivity contribution in [3.05, 3.63) is 24.3 Å². The number of amides is 1. The molecule has 0 fully saturated rings. The van der Waals surface area contributed by atoms with Crippen LogP contribution in [0, 0.1) is 0 Å². The minimum absolute atomic E-state index is 0.373. The maximum atomic E-state index is 12.5. The minimum Gasteiger partial charge on any atom is -0.394 e. The number of allylic oxidation sites excluding steroid dienone is 3. The molecule has 0 saturated carbocycles. The van der Waals surface area contributed by atoms with Crippen LogP contribution in [0.5, 0.6) is 0 Å². The molecule has 0 saturated heterocycles. The van der Waals surface area contributed by atoms with Gasteiger partial charge in [-0.25, -0.2) is 0 Å². The van der Waals surface area contributed by atoms with Crippen molar-refractivity contribution in [2.75, 3.05) is 6.61 Å². The first-order valence-electron chi connectivity index (χ1n) is 24.2. The summed E-state index contributed by atoms with van der Waals surface area (Å²) in [6, 6.07) is -0.811. The van der Waals surface area contributed by atoms with Crippen molar-refractivity contribution in [1.29, 1.82) is 0 Å². The largest absolute Gasteiger partial charge is 0.394 e. The summed E-state index contributed by atoms with van der Waals surface area (Å²) >= 11 is 0. The maximum absolute atomic E-state index is 12.5. The molecule has 320 valence electrons. The van der Waals surface area contributed by atoms with Gasteiger partial charge in [0, 0.05) is 0 Å². The standard InChI is InChI=1S/C49H95NO4/c1-3-5-7-9-11-13-15-17-19-21-23-24-26-27-29-31-33-35-37-39-41-43-47(52)46(45-51)50-49(54)48(53)44-42-40-38-36-34-32-30-28-25-22-20-18-16-14-12-10-8-6-4-2/h33,35,41,43,46-48,51-53H,3-32,34,36-40,42,44-45H2,1-2H3,(H,50,54)/b35-33+,43-41+. The number of carbonyl (C=O) groups excluding carboxylic acids is 1. The van der Waals surface area contributed by atoms with E-state index in [2.05, 4.69) is 31.3 Å². The molecule has 0 aromatic heterocycles. The van der Waals surface area contributed by atoms with Crippen molar-refractivity contribution < 1.29 is 20.1 Å². The number of aliphatic hydroxyl groups excluding tert-OH is 3. The van der Waals surface area contributed by atoms with E-state index >= 15 is 0 Å². The summed E-state index contributed by atoms with van der Waals surface area (Å²) in [6.07, 6.45) is 55.1. The van der Waals surface area contributed by atoms with E-state index < -0.39 is 24.2 Å². The molecule has 0 rings (SSSR count). The Balaban J connectivity index is 3.65. The smallest absolute Gasteiger partial charge is 0.249 e. The number of nitrogens with one attached hydrogen (secondary N) is 1. The minimum atomic E-state index is -1.10. The van der Waals surface area contributed by atoms with E-state index in [-0.39, 0.29) is 6.61 Å². The summed E-state index contributed by atoms with van der Waals surface area (Å²) in [5.41, 5.74) is 0. The number of hydrogen-bond acceptors (Lipinski definition) is 4. The van der Waals surface area contributed by atoms with Gasteiger partial charge >= 0.3 is 0 Å². The molecule has 0 heterocycles. The van der Waals surface area contributed by atoms with E-state index in [4.69, 9.17) is 0 Å². The quantitative estimate of drug-likeness (QED) is 0.0368. The van der Waals surface area contributed by atoms with Gasteiger partial charge in [0.2, 0.25) is 5.91 Å². The lowest BCUT2D eigenvalue weighted by Crippen LogP contribution is -2.48. The molecular weight excluding hydrogens is 667 g/mol. The van der Waals surface area contributed by atoms with E-state index in [1.54, 1.807) is 6.08 Å². The van der Waals surface area contributed by atoms with Crippen LogP contribution in [0.15, 0.2) is 24.3 Å². The average Bonchev–Trinajstić information content (AvgIpc) is 3.18. The summed E-state index contributed by atoms with van der Waals surface area (Å²) in [7, 11) is 0. The van der Waals surface area contributed by atoms with Gasteiger partial charge in [-0.2, -0.15) is 0 Å². The lowest BCUT2D eigenvalue weighted by atomic mass is 10.0. The number of unbranched alkanes of at least 4 members (excludes halogenated alkanes) is 34. The van der Waals surface area contributed by atoms with E-state index in [1.165, 1.54) is 199 Å². The van der Waals surface area contributed by atoms with E-state index in [0.717, 1.165) is 38.5 Å². The molecule has 5 nitrogen and oxygen atoms in total. The Labute approximate surface area is 337 Å². The Morgan fingerprint density at radius 3 is 1.13 bits per heavy atom. The molecular formula is C49H95NO4. The number of aliphatic hydroxyl groups is 3. The van der Waals surface area contributed by atoms with Gasteiger partial charge in [-0.15, -0.1) is 0 Å². The zero-order valence-corrected chi connectivity index (χ0v) is 36.4. The predicted molar refractivity (Wildman–Crippen MR) is 236 cm³/mol. The third-order valence-electron chi connectivity index (χ3n) is 11.3. The predicted octanol–water partition coefficient (Wildman–Crippen LogP) is 14.2. The average molecular weight is 762 g/mol. The Hall–Kier alpha value is -1.17. The summed E-state index contributed by atoms with van der Waals surface area (Å²) < 4.78 is 0. The fourth-order valence-corrected chi connectivity index (χ4v) is 7.50. The Morgan fingerprint density at radius 1 is 0.444 bits per heavy atom. The van der Waals surface area contributed by atoms with E-state index in [9.17, 15) is 20.1 Å². The van der Waals surface area contributed by atoms with Gasteiger partial charge < -0.3 is 20.6 Å². The molecule has 0 aliphatic carbocycles. The lowest BCUT2D eigenvalue weighted by molar-refractivity contribution is -0.131. The van der Waals surface area contributed by atoms with Crippen LogP contribution in [0.2, 0.25) is 0 Å². The van der Waals surface area contributed by atoms with Gasteiger partial charge in [0.25, 0.3) is 0 Å². The molecule has 0 spiro atoms.